The van der Waals surface area contributed by atoms with Gasteiger partial charge in [-0.2, -0.15) is 0 Å². The van der Waals surface area contributed by atoms with Gasteiger partial charge in [0.25, 0.3) is 0 Å². The Morgan fingerprint density at radius 3 is 2.53 bits per heavy atom. The Morgan fingerprint density at radius 1 is 1.26 bits per heavy atom. The van der Waals surface area contributed by atoms with E-state index >= 15 is 0 Å². The second-order valence-corrected chi connectivity index (χ2v) is 4.25. The van der Waals surface area contributed by atoms with E-state index in [0.29, 0.717) is 5.56 Å². The fourth-order valence-corrected chi connectivity index (χ4v) is 1.90. The van der Waals surface area contributed by atoms with E-state index in [4.69, 9.17) is 10.9 Å². The summed E-state index contributed by atoms with van der Waals surface area (Å²) < 4.78 is 0. The van der Waals surface area contributed by atoms with Gasteiger partial charge in [-0.1, -0.05) is 5.16 Å². The van der Waals surface area contributed by atoms with Gasteiger partial charge in [0.05, 0.1) is 0 Å². The number of anilines is 2. The van der Waals surface area contributed by atoms with Crippen molar-refractivity contribution in [3.63, 3.8) is 0 Å². The Morgan fingerprint density at radius 2 is 1.95 bits per heavy atom. The first-order chi connectivity index (χ1) is 9.13. The van der Waals surface area contributed by atoms with Crippen LogP contribution >= 0.6 is 0 Å². The van der Waals surface area contributed by atoms with Crippen LogP contribution in [0.25, 0.3) is 0 Å². The third-order valence-electron chi connectivity index (χ3n) is 3.01. The molecule has 3 N–H and O–H groups in total. The Bertz CT molecular complexity index is 593. The van der Waals surface area contributed by atoms with E-state index in [-0.39, 0.29) is 5.84 Å². The van der Waals surface area contributed by atoms with Crippen LogP contribution in [0.15, 0.2) is 47.9 Å². The van der Waals surface area contributed by atoms with Crippen molar-refractivity contribution < 1.29 is 5.21 Å². The van der Waals surface area contributed by atoms with E-state index in [9.17, 15) is 0 Å². The molecule has 1 aromatic heterocycles. The summed E-state index contributed by atoms with van der Waals surface area (Å²) in [6.07, 6.45) is 3.60. The predicted octanol–water partition coefficient (Wildman–Crippen LogP) is 2.25. The number of nitrogens with two attached hydrogens (primary N) is 1. The molecule has 0 amide bonds. The van der Waals surface area contributed by atoms with Crippen LogP contribution in [0, 0.1) is 6.92 Å². The molecule has 0 saturated heterocycles. The summed E-state index contributed by atoms with van der Waals surface area (Å²) in [6.45, 7) is 2.02. The lowest BCUT2D eigenvalue weighted by atomic mass is 10.1. The minimum absolute atomic E-state index is 0.106. The number of nitrogens with zero attached hydrogens (tertiary/aromatic N) is 3. The molecule has 5 nitrogen and oxygen atoms in total. The molecule has 0 aliphatic carbocycles. The number of hydrogen-bond acceptors (Lipinski definition) is 4. The SMILES string of the molecule is Cc1cnccc1N(C)c1ccc(C(N)=NO)cc1. The summed E-state index contributed by atoms with van der Waals surface area (Å²) in [7, 11) is 1.99. The summed E-state index contributed by atoms with van der Waals surface area (Å²) in [5.41, 5.74) is 9.43. The third-order valence-corrected chi connectivity index (χ3v) is 3.01. The standard InChI is InChI=1S/C14H16N4O/c1-10-9-16-8-7-13(10)18(2)12-5-3-11(4-6-12)14(15)17-19/h3-9,19H,1-2H3,(H2,15,17). The maximum absolute atomic E-state index is 8.63. The highest BCUT2D eigenvalue weighted by molar-refractivity contribution is 5.97. The summed E-state index contributed by atoms with van der Waals surface area (Å²) in [5.74, 6) is 0.106. The quantitative estimate of drug-likeness (QED) is 0.382. The van der Waals surface area contributed by atoms with Gasteiger partial charge in [-0.3, -0.25) is 4.98 Å². The number of aromatic nitrogens is 1. The molecule has 19 heavy (non-hydrogen) atoms. The van der Waals surface area contributed by atoms with Crippen molar-refractivity contribution in [1.29, 1.82) is 0 Å². The van der Waals surface area contributed by atoms with Crippen molar-refractivity contribution in [1.82, 2.24) is 4.98 Å². The lowest BCUT2D eigenvalue weighted by Crippen LogP contribution is -2.14. The molecule has 0 bridgehead atoms. The first-order valence-corrected chi connectivity index (χ1v) is 5.86. The van der Waals surface area contributed by atoms with Gasteiger partial charge in [0.2, 0.25) is 0 Å². The topological polar surface area (TPSA) is 74.7 Å². The van der Waals surface area contributed by atoms with Gasteiger partial charge in [0, 0.05) is 36.4 Å². The second-order valence-electron chi connectivity index (χ2n) is 4.25. The van der Waals surface area contributed by atoms with Gasteiger partial charge in [0.15, 0.2) is 5.84 Å². The molecule has 98 valence electrons. The molecule has 1 heterocycles. The van der Waals surface area contributed by atoms with Gasteiger partial charge >= 0.3 is 0 Å². The number of hydrogen-bond donors (Lipinski definition) is 2. The number of benzene rings is 1. The van der Waals surface area contributed by atoms with E-state index in [1.165, 1.54) is 0 Å². The Kier molecular flexibility index (Phi) is 3.66. The zero-order valence-corrected chi connectivity index (χ0v) is 10.9. The van der Waals surface area contributed by atoms with Gasteiger partial charge in [0.1, 0.15) is 0 Å². The van der Waals surface area contributed by atoms with Gasteiger partial charge in [-0.25, -0.2) is 0 Å². The molecule has 0 atom stereocenters. The summed E-state index contributed by atoms with van der Waals surface area (Å²) >= 11 is 0. The molecule has 0 unspecified atom stereocenters. The van der Waals surface area contributed by atoms with Crippen LogP contribution in [-0.2, 0) is 0 Å². The molecule has 0 aliphatic rings. The van der Waals surface area contributed by atoms with Crippen LogP contribution in [0.2, 0.25) is 0 Å². The summed E-state index contributed by atoms with van der Waals surface area (Å²) in [6, 6.07) is 9.45. The predicted molar refractivity (Wildman–Crippen MR) is 76.0 cm³/mol. The molecule has 2 rings (SSSR count). The first kappa shape index (κ1) is 12.9. The number of aryl methyl sites for hydroxylation is 1. The average molecular weight is 256 g/mol. The Hall–Kier alpha value is -2.56. The van der Waals surface area contributed by atoms with Gasteiger partial charge in [-0.15, -0.1) is 0 Å². The number of pyridine rings is 1. The monoisotopic (exact) mass is 256 g/mol. The number of amidine groups is 1. The summed E-state index contributed by atoms with van der Waals surface area (Å²) in [4.78, 5) is 6.15. The maximum Gasteiger partial charge on any atom is 0.170 e. The molecule has 0 saturated carbocycles. The van der Waals surface area contributed by atoms with Gasteiger partial charge < -0.3 is 15.8 Å². The first-order valence-electron chi connectivity index (χ1n) is 5.86. The van der Waals surface area contributed by atoms with Crippen molar-refractivity contribution in [2.45, 2.75) is 6.92 Å². The fraction of sp³-hybridized carbons (Fsp3) is 0.143. The normalized spacial score (nSPS) is 11.4. The van der Waals surface area contributed by atoms with E-state index in [0.717, 1.165) is 16.9 Å². The molecule has 0 radical (unpaired) electrons. The minimum atomic E-state index is 0.106. The van der Waals surface area contributed by atoms with Crippen molar-refractivity contribution in [2.24, 2.45) is 10.9 Å². The van der Waals surface area contributed by atoms with E-state index in [1.807, 2.05) is 50.5 Å². The van der Waals surface area contributed by atoms with E-state index in [2.05, 4.69) is 15.0 Å². The van der Waals surface area contributed by atoms with Crippen molar-refractivity contribution in [2.75, 3.05) is 11.9 Å². The van der Waals surface area contributed by atoms with Crippen LogP contribution in [0.3, 0.4) is 0 Å². The molecular weight excluding hydrogens is 240 g/mol. The summed E-state index contributed by atoms with van der Waals surface area (Å²) in [5, 5.41) is 11.6. The van der Waals surface area contributed by atoms with Crippen LogP contribution in [-0.4, -0.2) is 23.1 Å². The van der Waals surface area contributed by atoms with Crippen LogP contribution in [0.1, 0.15) is 11.1 Å². The van der Waals surface area contributed by atoms with E-state index < -0.39 is 0 Å². The molecule has 0 aliphatic heterocycles. The van der Waals surface area contributed by atoms with Crippen LogP contribution < -0.4 is 10.6 Å². The van der Waals surface area contributed by atoms with Crippen LogP contribution in [0.5, 0.6) is 0 Å². The Labute approximate surface area is 112 Å². The van der Waals surface area contributed by atoms with Crippen LogP contribution in [0.4, 0.5) is 11.4 Å². The highest BCUT2D eigenvalue weighted by Crippen LogP contribution is 2.25. The van der Waals surface area contributed by atoms with Crippen molar-refractivity contribution in [3.05, 3.63) is 53.9 Å². The highest BCUT2D eigenvalue weighted by Gasteiger charge is 2.07. The molecule has 2 aromatic rings. The largest absolute Gasteiger partial charge is 0.409 e. The molecular formula is C14H16N4O. The molecule has 1 aromatic carbocycles. The maximum atomic E-state index is 8.63. The third kappa shape index (κ3) is 2.65. The van der Waals surface area contributed by atoms with Crippen molar-refractivity contribution in [3.8, 4) is 0 Å². The van der Waals surface area contributed by atoms with E-state index in [1.54, 1.807) is 6.20 Å². The zero-order valence-electron chi connectivity index (χ0n) is 10.9. The Balaban J connectivity index is 2.30. The lowest BCUT2D eigenvalue weighted by molar-refractivity contribution is 0.318. The lowest BCUT2D eigenvalue weighted by Gasteiger charge is -2.21. The van der Waals surface area contributed by atoms with Crippen molar-refractivity contribution >= 4 is 17.2 Å². The number of oxime groups is 1. The zero-order chi connectivity index (χ0) is 13.8. The second kappa shape index (κ2) is 5.39. The minimum Gasteiger partial charge on any atom is -0.409 e. The smallest absolute Gasteiger partial charge is 0.170 e. The highest BCUT2D eigenvalue weighted by atomic mass is 16.4. The number of rotatable bonds is 3. The fourth-order valence-electron chi connectivity index (χ4n) is 1.90. The molecule has 0 fully saturated rings. The molecule has 5 heteroatoms. The van der Waals surface area contributed by atoms with Gasteiger partial charge in [-0.05, 0) is 42.8 Å². The average Bonchev–Trinajstić information content (AvgIpc) is 2.46. The molecule has 0 spiro atoms.